The van der Waals surface area contributed by atoms with Gasteiger partial charge >= 0.3 is 0 Å². The Morgan fingerprint density at radius 1 is 1.14 bits per heavy atom. The van der Waals surface area contributed by atoms with Crippen molar-refractivity contribution in [3.05, 3.63) is 12.3 Å². The molecule has 0 aliphatic heterocycles. The molecule has 0 saturated heterocycles. The van der Waals surface area contributed by atoms with Crippen molar-refractivity contribution in [2.24, 2.45) is 9.98 Å². The van der Waals surface area contributed by atoms with Gasteiger partial charge in [-0.3, -0.25) is 0 Å². The average Bonchev–Trinajstić information content (AvgIpc) is 2.01. The molecule has 0 atom stereocenters. The topological polar surface area (TPSA) is 51.8 Å². The lowest BCUT2D eigenvalue weighted by Crippen LogP contribution is -2.22. The Hall–Kier alpha value is -1.45. The molecule has 0 unspecified atom stereocenters. The van der Waals surface area contributed by atoms with Gasteiger partial charge < -0.3 is 10.3 Å². The van der Waals surface area contributed by atoms with E-state index in [2.05, 4.69) is 16.6 Å². The number of hydrogen-bond donors (Lipinski definition) is 1. The average molecular weight is 194 g/mol. The summed E-state index contributed by atoms with van der Waals surface area (Å²) in [5, 5.41) is 7.39. The number of nitrogens with zero attached hydrogens (tertiary/aromatic N) is 3. The van der Waals surface area contributed by atoms with Crippen LogP contribution in [0.15, 0.2) is 22.3 Å². The van der Waals surface area contributed by atoms with E-state index < -0.39 is 0 Å². The van der Waals surface area contributed by atoms with Gasteiger partial charge in [0.15, 0.2) is 0 Å². The van der Waals surface area contributed by atoms with Crippen molar-refractivity contribution in [1.82, 2.24) is 4.90 Å². The predicted molar refractivity (Wildman–Crippen MR) is 62.4 cm³/mol. The minimum absolute atomic E-state index is 0.446. The Balaban J connectivity index is 4.97. The molecule has 0 saturated carbocycles. The normalized spacial score (nSPS) is 12.6. The fourth-order valence-corrected chi connectivity index (χ4v) is 0.630. The first-order valence-electron chi connectivity index (χ1n) is 4.37. The first-order chi connectivity index (χ1) is 6.34. The lowest BCUT2D eigenvalue weighted by molar-refractivity contribution is 0.614. The van der Waals surface area contributed by atoms with Crippen molar-refractivity contribution in [1.29, 1.82) is 5.41 Å². The lowest BCUT2D eigenvalue weighted by Gasteiger charge is -2.12. The van der Waals surface area contributed by atoms with E-state index in [4.69, 9.17) is 5.41 Å². The number of aliphatic imine (C=N–C) groups is 2. The van der Waals surface area contributed by atoms with E-state index in [9.17, 15) is 0 Å². The van der Waals surface area contributed by atoms with Crippen molar-refractivity contribution in [2.75, 3.05) is 14.1 Å². The molecule has 0 spiro atoms. The maximum absolute atomic E-state index is 7.39. The van der Waals surface area contributed by atoms with Gasteiger partial charge in [-0.15, -0.1) is 0 Å². The van der Waals surface area contributed by atoms with Crippen LogP contribution in [0, 0.1) is 5.41 Å². The molecule has 0 aliphatic rings. The highest BCUT2D eigenvalue weighted by atomic mass is 15.2. The van der Waals surface area contributed by atoms with Gasteiger partial charge in [0.2, 0.25) is 5.96 Å². The molecular formula is C10H18N4. The maximum Gasteiger partial charge on any atom is 0.225 e. The van der Waals surface area contributed by atoms with Crippen LogP contribution in [0.2, 0.25) is 0 Å². The van der Waals surface area contributed by atoms with Gasteiger partial charge in [-0.1, -0.05) is 6.58 Å². The molecule has 0 aromatic carbocycles. The molecule has 14 heavy (non-hydrogen) atoms. The molecule has 1 N–H and O–H groups in total. The van der Waals surface area contributed by atoms with Gasteiger partial charge in [-0.05, 0) is 20.8 Å². The van der Waals surface area contributed by atoms with Gasteiger partial charge in [0.1, 0.15) is 0 Å². The van der Waals surface area contributed by atoms with Crippen LogP contribution in [0.4, 0.5) is 0 Å². The summed E-state index contributed by atoms with van der Waals surface area (Å²) in [5.41, 5.74) is 1.81. The SMILES string of the molecule is C=C(C)N=C(N=C(C)C(C)=N)N(C)C. The lowest BCUT2D eigenvalue weighted by atomic mass is 10.3. The molecule has 0 amide bonds. The summed E-state index contributed by atoms with van der Waals surface area (Å²) in [6.45, 7) is 9.00. The van der Waals surface area contributed by atoms with Crippen molar-refractivity contribution in [3.63, 3.8) is 0 Å². The van der Waals surface area contributed by atoms with Gasteiger partial charge in [0, 0.05) is 25.5 Å². The van der Waals surface area contributed by atoms with Crippen molar-refractivity contribution in [3.8, 4) is 0 Å². The molecule has 0 aromatic heterocycles. The summed E-state index contributed by atoms with van der Waals surface area (Å²) in [6.07, 6.45) is 0. The molecule has 78 valence electrons. The molecule has 0 aromatic rings. The van der Waals surface area contributed by atoms with E-state index in [-0.39, 0.29) is 0 Å². The highest BCUT2D eigenvalue weighted by Gasteiger charge is 2.01. The van der Waals surface area contributed by atoms with Crippen LogP contribution in [0.25, 0.3) is 0 Å². The standard InChI is InChI=1S/C10H18N4/c1-7(2)12-10(14(5)6)13-9(4)8(3)11/h11H,1H2,2-6H3. The molecule has 0 heterocycles. The van der Waals surface area contributed by atoms with E-state index in [1.165, 1.54) is 0 Å². The van der Waals surface area contributed by atoms with Gasteiger partial charge in [0.25, 0.3) is 0 Å². The van der Waals surface area contributed by atoms with Crippen molar-refractivity contribution in [2.45, 2.75) is 20.8 Å². The minimum atomic E-state index is 0.446. The minimum Gasteiger partial charge on any atom is -0.347 e. The summed E-state index contributed by atoms with van der Waals surface area (Å²) in [7, 11) is 3.72. The zero-order chi connectivity index (χ0) is 11.3. The van der Waals surface area contributed by atoms with Crippen LogP contribution >= 0.6 is 0 Å². The molecule has 0 radical (unpaired) electrons. The smallest absolute Gasteiger partial charge is 0.225 e. The third-order valence-corrected chi connectivity index (χ3v) is 1.50. The second kappa shape index (κ2) is 5.32. The first-order valence-corrected chi connectivity index (χ1v) is 4.37. The van der Waals surface area contributed by atoms with Crippen LogP contribution < -0.4 is 0 Å². The number of rotatable bonds is 2. The first kappa shape index (κ1) is 12.6. The predicted octanol–water partition coefficient (Wildman–Crippen LogP) is 1.94. The Morgan fingerprint density at radius 3 is 1.93 bits per heavy atom. The summed E-state index contributed by atoms with van der Waals surface area (Å²) >= 11 is 0. The molecule has 0 fully saturated rings. The van der Waals surface area contributed by atoms with Gasteiger partial charge in [-0.25, -0.2) is 9.98 Å². The second-order valence-electron chi connectivity index (χ2n) is 3.36. The molecule has 0 aliphatic carbocycles. The fraction of sp³-hybridized carbons (Fsp3) is 0.500. The Labute approximate surface area is 85.6 Å². The molecular weight excluding hydrogens is 176 g/mol. The summed E-state index contributed by atoms with van der Waals surface area (Å²) < 4.78 is 0. The summed E-state index contributed by atoms with van der Waals surface area (Å²) in [5.74, 6) is 0.571. The number of guanidine groups is 1. The van der Waals surface area contributed by atoms with E-state index in [1.54, 1.807) is 18.7 Å². The van der Waals surface area contributed by atoms with Gasteiger partial charge in [-0.2, -0.15) is 0 Å². The van der Waals surface area contributed by atoms with Gasteiger partial charge in [0.05, 0.1) is 5.71 Å². The van der Waals surface area contributed by atoms with Crippen LogP contribution in [0.5, 0.6) is 0 Å². The zero-order valence-electron chi connectivity index (χ0n) is 9.55. The van der Waals surface area contributed by atoms with Crippen molar-refractivity contribution < 1.29 is 0 Å². The quantitative estimate of drug-likeness (QED) is 0.530. The monoisotopic (exact) mass is 194 g/mol. The number of nitrogens with one attached hydrogen (secondary N) is 1. The summed E-state index contributed by atoms with van der Waals surface area (Å²) in [4.78, 5) is 10.2. The summed E-state index contributed by atoms with van der Waals surface area (Å²) in [6, 6.07) is 0. The maximum atomic E-state index is 7.39. The number of hydrogen-bond acceptors (Lipinski definition) is 2. The Kier molecular flexibility index (Phi) is 4.77. The highest BCUT2D eigenvalue weighted by molar-refractivity contribution is 6.40. The molecule has 0 bridgehead atoms. The largest absolute Gasteiger partial charge is 0.347 e. The third-order valence-electron chi connectivity index (χ3n) is 1.50. The van der Waals surface area contributed by atoms with E-state index in [0.717, 1.165) is 0 Å². The zero-order valence-corrected chi connectivity index (χ0v) is 9.55. The molecule has 0 rings (SSSR count). The Morgan fingerprint density at radius 2 is 1.64 bits per heavy atom. The van der Waals surface area contributed by atoms with Crippen LogP contribution in [-0.4, -0.2) is 36.4 Å². The second-order valence-corrected chi connectivity index (χ2v) is 3.36. The number of allylic oxidation sites excluding steroid dienone is 1. The van der Waals surface area contributed by atoms with E-state index in [0.29, 0.717) is 23.1 Å². The van der Waals surface area contributed by atoms with E-state index >= 15 is 0 Å². The fourth-order valence-electron chi connectivity index (χ4n) is 0.630. The molecule has 4 nitrogen and oxygen atoms in total. The van der Waals surface area contributed by atoms with Crippen LogP contribution in [0.3, 0.4) is 0 Å². The highest BCUT2D eigenvalue weighted by Crippen LogP contribution is 1.96. The van der Waals surface area contributed by atoms with E-state index in [1.807, 2.05) is 21.0 Å². The third kappa shape index (κ3) is 4.54. The van der Waals surface area contributed by atoms with Crippen LogP contribution in [-0.2, 0) is 0 Å². The Bertz CT molecular complexity index is 297. The van der Waals surface area contributed by atoms with Crippen LogP contribution in [0.1, 0.15) is 20.8 Å². The van der Waals surface area contributed by atoms with Crippen molar-refractivity contribution >= 4 is 17.4 Å². The molecule has 4 heteroatoms.